The van der Waals surface area contributed by atoms with Crippen molar-refractivity contribution in [2.24, 2.45) is 0 Å². The lowest BCUT2D eigenvalue weighted by atomic mass is 9.99. The number of aryl methyl sites for hydroxylation is 2. The topological polar surface area (TPSA) is 92.7 Å². The monoisotopic (exact) mass is 396 g/mol. The molecule has 0 aliphatic carbocycles. The van der Waals surface area contributed by atoms with Gasteiger partial charge >= 0.3 is 5.97 Å². The summed E-state index contributed by atoms with van der Waals surface area (Å²) in [7, 11) is 1.28. The maximum absolute atomic E-state index is 13.2. The summed E-state index contributed by atoms with van der Waals surface area (Å²) >= 11 is 0. The average molecular weight is 396 g/mol. The van der Waals surface area contributed by atoms with Gasteiger partial charge in [-0.2, -0.15) is 0 Å². The zero-order valence-corrected chi connectivity index (χ0v) is 17.0. The molecule has 1 aliphatic heterocycles. The van der Waals surface area contributed by atoms with Crippen molar-refractivity contribution in [3.8, 4) is 0 Å². The fourth-order valence-electron chi connectivity index (χ4n) is 3.63. The smallest absolute Gasteiger partial charge is 0.330 e. The predicted octanol–water partition coefficient (Wildman–Crippen LogP) is 1.62. The van der Waals surface area contributed by atoms with Crippen LogP contribution in [0.4, 0.5) is 0 Å². The number of hydrogen-bond acceptors (Lipinski definition) is 6. The second-order valence-electron chi connectivity index (χ2n) is 7.09. The fourth-order valence-corrected chi connectivity index (χ4v) is 3.63. The maximum atomic E-state index is 13.2. The van der Waals surface area contributed by atoms with Crippen molar-refractivity contribution in [1.82, 2.24) is 19.8 Å². The van der Waals surface area contributed by atoms with Crippen molar-refractivity contribution in [1.29, 1.82) is 0 Å². The summed E-state index contributed by atoms with van der Waals surface area (Å²) in [6.45, 7) is 5.91. The third-order valence-electron chi connectivity index (χ3n) is 5.37. The number of hydrogen-bond donors (Lipinski definition) is 0. The molecule has 3 rings (SSSR count). The van der Waals surface area contributed by atoms with Crippen LogP contribution in [0.2, 0.25) is 0 Å². The van der Waals surface area contributed by atoms with Gasteiger partial charge in [-0.25, -0.2) is 4.79 Å². The molecule has 2 aromatic rings. The van der Waals surface area contributed by atoms with Gasteiger partial charge in [0, 0.05) is 37.9 Å². The first-order valence-electron chi connectivity index (χ1n) is 9.37. The van der Waals surface area contributed by atoms with Crippen molar-refractivity contribution in [2.75, 3.05) is 20.2 Å². The second-order valence-corrected chi connectivity index (χ2v) is 7.09. The molecular formula is C21H24N4O4. The Hall–Kier alpha value is -3.29. The van der Waals surface area contributed by atoms with Crippen LogP contribution in [-0.2, 0) is 9.53 Å². The molecule has 8 nitrogen and oxygen atoms in total. The predicted molar refractivity (Wildman–Crippen MR) is 105 cm³/mol. The molecule has 3 heterocycles. The average Bonchev–Trinajstić information content (AvgIpc) is 2.72. The van der Waals surface area contributed by atoms with E-state index in [4.69, 9.17) is 4.74 Å². The molecule has 2 aromatic heterocycles. The van der Waals surface area contributed by atoms with Crippen LogP contribution in [-0.4, -0.2) is 69.8 Å². The Kier molecular flexibility index (Phi) is 5.91. The SMILES string of the molecule is COC(=O)[C@@H]1[C@H](C)N(C(=O)c2cnccc2C)CCN1C(=O)c1cnccc1C. The number of aromatic nitrogens is 2. The lowest BCUT2D eigenvalue weighted by Gasteiger charge is -2.44. The molecule has 0 radical (unpaired) electrons. The molecule has 0 bridgehead atoms. The molecule has 2 atom stereocenters. The summed E-state index contributed by atoms with van der Waals surface area (Å²) in [6, 6.07) is 2.03. The van der Waals surface area contributed by atoms with Gasteiger partial charge in [-0.05, 0) is 44.0 Å². The number of methoxy groups -OCH3 is 1. The van der Waals surface area contributed by atoms with Crippen LogP contribution in [0.1, 0.15) is 38.8 Å². The van der Waals surface area contributed by atoms with Gasteiger partial charge in [0.25, 0.3) is 11.8 Å². The summed E-state index contributed by atoms with van der Waals surface area (Å²) in [4.78, 5) is 50.0. The fraction of sp³-hybridized carbons (Fsp3) is 0.381. The van der Waals surface area contributed by atoms with Gasteiger partial charge < -0.3 is 14.5 Å². The van der Waals surface area contributed by atoms with Gasteiger partial charge in [-0.1, -0.05) is 0 Å². The number of carbonyl (C=O) groups excluding carboxylic acids is 3. The molecular weight excluding hydrogens is 372 g/mol. The standard InChI is InChI=1S/C21H24N4O4/c1-13-5-7-22-11-16(13)19(26)24-9-10-25(18(15(24)3)21(28)29-4)20(27)17-12-23-8-6-14(17)2/h5-8,11-12,15,18H,9-10H2,1-4H3/t15-,18-/m0/s1. The number of nitrogens with zero attached hydrogens (tertiary/aromatic N) is 4. The van der Waals surface area contributed by atoms with E-state index in [1.54, 1.807) is 36.4 Å². The molecule has 152 valence electrons. The Bertz CT molecular complexity index is 946. The van der Waals surface area contributed by atoms with Gasteiger partial charge in [-0.15, -0.1) is 0 Å². The highest BCUT2D eigenvalue weighted by Gasteiger charge is 2.44. The third kappa shape index (κ3) is 3.83. The molecule has 8 heteroatoms. The minimum Gasteiger partial charge on any atom is -0.467 e. The van der Waals surface area contributed by atoms with Crippen molar-refractivity contribution < 1.29 is 19.1 Å². The number of rotatable bonds is 3. The van der Waals surface area contributed by atoms with Crippen LogP contribution in [0.15, 0.2) is 36.9 Å². The summed E-state index contributed by atoms with van der Waals surface area (Å²) in [5.41, 5.74) is 2.48. The molecule has 1 saturated heterocycles. The number of piperazine rings is 1. The van der Waals surface area contributed by atoms with Crippen molar-refractivity contribution >= 4 is 17.8 Å². The van der Waals surface area contributed by atoms with Gasteiger partial charge in [0.1, 0.15) is 6.04 Å². The van der Waals surface area contributed by atoms with Crippen LogP contribution in [0, 0.1) is 13.8 Å². The lowest BCUT2D eigenvalue weighted by Crippen LogP contribution is -2.64. The summed E-state index contributed by atoms with van der Waals surface area (Å²) in [5.74, 6) is -1.09. The van der Waals surface area contributed by atoms with Crippen LogP contribution in [0.25, 0.3) is 0 Å². The molecule has 1 fully saturated rings. The van der Waals surface area contributed by atoms with E-state index < -0.39 is 18.1 Å². The minimum atomic E-state index is -0.915. The zero-order valence-electron chi connectivity index (χ0n) is 17.0. The van der Waals surface area contributed by atoms with E-state index in [1.807, 2.05) is 13.8 Å². The first-order chi connectivity index (χ1) is 13.9. The first kappa shape index (κ1) is 20.4. The van der Waals surface area contributed by atoms with Gasteiger partial charge in [0.2, 0.25) is 0 Å². The molecule has 0 spiro atoms. The van der Waals surface area contributed by atoms with E-state index in [0.29, 0.717) is 17.7 Å². The van der Waals surface area contributed by atoms with E-state index in [1.165, 1.54) is 24.4 Å². The van der Waals surface area contributed by atoms with Crippen LogP contribution >= 0.6 is 0 Å². The number of amides is 2. The Morgan fingerprint density at radius 2 is 1.41 bits per heavy atom. The van der Waals surface area contributed by atoms with Gasteiger partial charge in [0.05, 0.1) is 24.3 Å². The van der Waals surface area contributed by atoms with E-state index in [0.717, 1.165) is 11.1 Å². The highest BCUT2D eigenvalue weighted by atomic mass is 16.5. The highest BCUT2D eigenvalue weighted by Crippen LogP contribution is 2.24. The molecule has 1 aliphatic rings. The third-order valence-corrected chi connectivity index (χ3v) is 5.37. The number of ether oxygens (including phenoxy) is 1. The summed E-state index contributed by atoms with van der Waals surface area (Å²) in [5, 5.41) is 0. The maximum Gasteiger partial charge on any atom is 0.330 e. The van der Waals surface area contributed by atoms with Crippen LogP contribution < -0.4 is 0 Å². The Balaban J connectivity index is 1.93. The normalized spacial score (nSPS) is 19.0. The van der Waals surface area contributed by atoms with E-state index in [9.17, 15) is 14.4 Å². The zero-order chi connectivity index (χ0) is 21.1. The van der Waals surface area contributed by atoms with Gasteiger partial charge in [0.15, 0.2) is 0 Å². The molecule has 0 aromatic carbocycles. The second kappa shape index (κ2) is 8.38. The molecule has 29 heavy (non-hydrogen) atoms. The van der Waals surface area contributed by atoms with E-state index >= 15 is 0 Å². The van der Waals surface area contributed by atoms with Crippen molar-refractivity contribution in [3.05, 3.63) is 59.2 Å². The Morgan fingerprint density at radius 1 is 0.931 bits per heavy atom. The van der Waals surface area contributed by atoms with Crippen molar-refractivity contribution in [2.45, 2.75) is 32.9 Å². The molecule has 0 unspecified atom stereocenters. The number of pyridine rings is 2. The van der Waals surface area contributed by atoms with Crippen LogP contribution in [0.5, 0.6) is 0 Å². The quantitative estimate of drug-likeness (QED) is 0.732. The largest absolute Gasteiger partial charge is 0.467 e. The highest BCUT2D eigenvalue weighted by molar-refractivity contribution is 5.99. The molecule has 0 saturated carbocycles. The minimum absolute atomic E-state index is 0.211. The van der Waals surface area contributed by atoms with Gasteiger partial charge in [-0.3, -0.25) is 19.6 Å². The molecule has 2 amide bonds. The number of esters is 1. The van der Waals surface area contributed by atoms with Crippen molar-refractivity contribution in [3.63, 3.8) is 0 Å². The first-order valence-corrected chi connectivity index (χ1v) is 9.37. The van der Waals surface area contributed by atoms with E-state index in [2.05, 4.69) is 9.97 Å². The lowest BCUT2D eigenvalue weighted by molar-refractivity contribution is -0.149. The number of carbonyl (C=O) groups is 3. The Morgan fingerprint density at radius 3 is 1.90 bits per heavy atom. The van der Waals surface area contributed by atoms with E-state index in [-0.39, 0.29) is 18.4 Å². The summed E-state index contributed by atoms with van der Waals surface area (Å²) < 4.78 is 4.97. The molecule has 0 N–H and O–H groups in total. The Labute approximate surface area is 169 Å². The summed E-state index contributed by atoms with van der Waals surface area (Å²) in [6.07, 6.45) is 6.25. The van der Waals surface area contributed by atoms with Crippen LogP contribution in [0.3, 0.4) is 0 Å².